The number of hydrogen-bond acceptors (Lipinski definition) is 4. The number of nitrogens with zero attached hydrogens (tertiary/aromatic N) is 4. The van der Waals surface area contributed by atoms with Crippen molar-refractivity contribution in [3.63, 3.8) is 0 Å². The van der Waals surface area contributed by atoms with Crippen LogP contribution in [-0.4, -0.2) is 19.9 Å². The first kappa shape index (κ1) is 27.8. The summed E-state index contributed by atoms with van der Waals surface area (Å²) in [6.07, 6.45) is 5.51. The summed E-state index contributed by atoms with van der Waals surface area (Å²) < 4.78 is 0. The van der Waals surface area contributed by atoms with Gasteiger partial charge in [0.1, 0.15) is 0 Å². The lowest BCUT2D eigenvalue weighted by Crippen LogP contribution is -1.91. The van der Waals surface area contributed by atoms with E-state index in [9.17, 15) is 0 Å². The molecule has 9 rings (SSSR count). The molecule has 48 heavy (non-hydrogen) atoms. The number of pyridine rings is 4. The predicted octanol–water partition coefficient (Wildman–Crippen LogP) is 11.1. The van der Waals surface area contributed by atoms with Gasteiger partial charge in [-0.05, 0) is 82.4 Å². The fraction of sp³-hybridized carbons (Fsp3) is 0. The zero-order valence-corrected chi connectivity index (χ0v) is 26.0. The molecule has 0 amide bonds. The highest BCUT2D eigenvalue weighted by molar-refractivity contribution is 6.15. The van der Waals surface area contributed by atoms with E-state index in [0.717, 1.165) is 83.0 Å². The van der Waals surface area contributed by atoms with Crippen LogP contribution in [0.2, 0.25) is 0 Å². The van der Waals surface area contributed by atoms with Gasteiger partial charge in [0.25, 0.3) is 0 Å². The molecular weight excluding hydrogens is 585 g/mol. The number of benzene rings is 5. The van der Waals surface area contributed by atoms with Gasteiger partial charge in [0.15, 0.2) is 0 Å². The fourth-order valence-electron chi connectivity index (χ4n) is 6.65. The molecule has 9 aromatic rings. The van der Waals surface area contributed by atoms with Gasteiger partial charge >= 0.3 is 0 Å². The molecule has 0 aliphatic heterocycles. The maximum Gasteiger partial charge on any atom is 0.0978 e. The number of rotatable bonds is 5. The van der Waals surface area contributed by atoms with E-state index in [2.05, 4.69) is 113 Å². The Morgan fingerprint density at radius 2 is 0.896 bits per heavy atom. The first-order valence-electron chi connectivity index (χ1n) is 16.0. The van der Waals surface area contributed by atoms with Crippen LogP contribution in [0.15, 0.2) is 170 Å². The first-order chi connectivity index (χ1) is 23.8. The van der Waals surface area contributed by atoms with Crippen LogP contribution in [0.5, 0.6) is 0 Å². The molecule has 0 fully saturated rings. The lowest BCUT2D eigenvalue weighted by Gasteiger charge is -2.13. The van der Waals surface area contributed by atoms with Crippen LogP contribution >= 0.6 is 0 Å². The number of para-hydroxylation sites is 1. The van der Waals surface area contributed by atoms with Gasteiger partial charge in [0.05, 0.1) is 27.9 Å². The van der Waals surface area contributed by atoms with E-state index in [1.54, 1.807) is 0 Å². The quantitative estimate of drug-likeness (QED) is 0.143. The van der Waals surface area contributed by atoms with Gasteiger partial charge in [0.2, 0.25) is 0 Å². The Morgan fingerprint density at radius 1 is 0.333 bits per heavy atom. The van der Waals surface area contributed by atoms with E-state index in [4.69, 9.17) is 9.97 Å². The van der Waals surface area contributed by atoms with Crippen molar-refractivity contribution in [3.8, 4) is 55.9 Å². The van der Waals surface area contributed by atoms with Gasteiger partial charge in [-0.15, -0.1) is 0 Å². The Balaban J connectivity index is 1.09. The van der Waals surface area contributed by atoms with Crippen molar-refractivity contribution < 1.29 is 0 Å². The van der Waals surface area contributed by atoms with Crippen LogP contribution < -0.4 is 0 Å². The average Bonchev–Trinajstić information content (AvgIpc) is 3.17. The third kappa shape index (κ3) is 4.97. The third-order valence-electron chi connectivity index (χ3n) is 9.00. The molecule has 0 unspecified atom stereocenters. The van der Waals surface area contributed by atoms with E-state index in [1.165, 1.54) is 5.56 Å². The molecule has 4 aromatic heterocycles. The zero-order valence-electron chi connectivity index (χ0n) is 26.0. The van der Waals surface area contributed by atoms with Crippen molar-refractivity contribution in [3.05, 3.63) is 170 Å². The van der Waals surface area contributed by atoms with Gasteiger partial charge in [-0.25, -0.2) is 4.98 Å². The van der Waals surface area contributed by atoms with Gasteiger partial charge in [-0.2, -0.15) is 0 Å². The minimum atomic E-state index is 0.927. The maximum absolute atomic E-state index is 5.07. The molecule has 0 saturated heterocycles. The topological polar surface area (TPSA) is 51.6 Å². The largest absolute Gasteiger partial charge is 0.256 e. The highest BCUT2D eigenvalue weighted by atomic mass is 14.7. The van der Waals surface area contributed by atoms with Gasteiger partial charge in [-0.3, -0.25) is 15.0 Å². The molecule has 0 aliphatic carbocycles. The highest BCUT2D eigenvalue weighted by Gasteiger charge is 2.14. The molecule has 0 saturated carbocycles. The minimum absolute atomic E-state index is 0.927. The second-order valence-electron chi connectivity index (χ2n) is 11.9. The van der Waals surface area contributed by atoms with E-state index >= 15 is 0 Å². The Morgan fingerprint density at radius 3 is 1.54 bits per heavy atom. The van der Waals surface area contributed by atoms with Crippen LogP contribution in [0.1, 0.15) is 0 Å². The Hall–Kier alpha value is -6.52. The second kappa shape index (κ2) is 11.7. The number of hydrogen-bond donors (Lipinski definition) is 0. The molecule has 224 valence electrons. The summed E-state index contributed by atoms with van der Waals surface area (Å²) in [5.74, 6) is 0. The summed E-state index contributed by atoms with van der Waals surface area (Å²) in [5.41, 5.74) is 13.8. The Labute approximate surface area is 278 Å². The van der Waals surface area contributed by atoms with Gasteiger partial charge in [0, 0.05) is 51.4 Å². The van der Waals surface area contributed by atoms with E-state index < -0.39 is 0 Å². The van der Waals surface area contributed by atoms with E-state index in [0.29, 0.717) is 0 Å². The number of fused-ring (bicyclic) bond motifs is 4. The molecule has 0 atom stereocenters. The zero-order chi connectivity index (χ0) is 31.9. The molecule has 0 N–H and O–H groups in total. The Bertz CT molecular complexity index is 2520. The van der Waals surface area contributed by atoms with Crippen molar-refractivity contribution in [2.75, 3.05) is 0 Å². The summed E-state index contributed by atoms with van der Waals surface area (Å²) in [7, 11) is 0. The normalized spacial score (nSPS) is 11.3. The van der Waals surface area contributed by atoms with Crippen molar-refractivity contribution in [1.29, 1.82) is 0 Å². The van der Waals surface area contributed by atoms with Gasteiger partial charge < -0.3 is 0 Å². The lowest BCUT2D eigenvalue weighted by atomic mass is 9.93. The summed E-state index contributed by atoms with van der Waals surface area (Å²) in [6.45, 7) is 0. The lowest BCUT2D eigenvalue weighted by molar-refractivity contribution is 1.31. The van der Waals surface area contributed by atoms with E-state index in [-0.39, 0.29) is 0 Å². The van der Waals surface area contributed by atoms with E-state index in [1.807, 2.05) is 67.1 Å². The first-order valence-corrected chi connectivity index (χ1v) is 16.0. The highest BCUT2D eigenvalue weighted by Crippen LogP contribution is 2.38. The smallest absolute Gasteiger partial charge is 0.0978 e. The summed E-state index contributed by atoms with van der Waals surface area (Å²) in [4.78, 5) is 19.0. The van der Waals surface area contributed by atoms with Crippen LogP contribution in [0, 0.1) is 0 Å². The third-order valence-corrected chi connectivity index (χ3v) is 9.00. The molecule has 4 nitrogen and oxygen atoms in total. The maximum atomic E-state index is 5.07. The average molecular weight is 613 g/mol. The fourth-order valence-corrected chi connectivity index (χ4v) is 6.65. The number of aromatic nitrogens is 4. The van der Waals surface area contributed by atoms with Crippen molar-refractivity contribution in [2.24, 2.45) is 0 Å². The van der Waals surface area contributed by atoms with Crippen molar-refractivity contribution in [2.45, 2.75) is 0 Å². The molecule has 4 heterocycles. The van der Waals surface area contributed by atoms with Crippen molar-refractivity contribution in [1.82, 2.24) is 19.9 Å². The molecule has 0 spiro atoms. The predicted molar refractivity (Wildman–Crippen MR) is 197 cm³/mol. The standard InChI is InChI=1S/C44H28N4/c1-2-12-41-37(9-1)42(38-22-21-33-8-7-25-47-43(33)44(38)48-41)32-19-17-30(18-20-32)29-13-15-31(16-14-29)34-26-35(39-10-3-5-23-45-39)28-36(27-34)40-11-4-6-24-46-40/h1-28H. The Kier molecular flexibility index (Phi) is 6.76. The van der Waals surface area contributed by atoms with Gasteiger partial charge in [-0.1, -0.05) is 97.1 Å². The molecule has 0 aliphatic rings. The summed E-state index contributed by atoms with van der Waals surface area (Å²) in [5, 5.41) is 3.33. The molecule has 5 aromatic carbocycles. The SMILES string of the molecule is c1ccc(-c2cc(-c3ccc(-c4ccc(-c5c6ccccc6nc6c5ccc5cccnc56)cc4)cc3)cc(-c3ccccn3)c2)nc1. The molecule has 4 heteroatoms. The second-order valence-corrected chi connectivity index (χ2v) is 11.9. The summed E-state index contributed by atoms with van der Waals surface area (Å²) in [6, 6.07) is 53.1. The van der Waals surface area contributed by atoms with Crippen molar-refractivity contribution >= 4 is 32.7 Å². The van der Waals surface area contributed by atoms with Crippen LogP contribution in [-0.2, 0) is 0 Å². The van der Waals surface area contributed by atoms with Crippen LogP contribution in [0.3, 0.4) is 0 Å². The monoisotopic (exact) mass is 612 g/mol. The molecule has 0 radical (unpaired) electrons. The molecular formula is C44H28N4. The minimum Gasteiger partial charge on any atom is -0.256 e. The molecule has 0 bridgehead atoms. The summed E-state index contributed by atoms with van der Waals surface area (Å²) >= 11 is 0. The van der Waals surface area contributed by atoms with Crippen LogP contribution in [0.25, 0.3) is 88.6 Å². The van der Waals surface area contributed by atoms with Crippen LogP contribution in [0.4, 0.5) is 0 Å².